The van der Waals surface area contributed by atoms with Crippen LogP contribution in [0.3, 0.4) is 0 Å². The molecule has 2 rings (SSSR count). The van der Waals surface area contributed by atoms with Gasteiger partial charge in [-0.05, 0) is 18.1 Å². The lowest BCUT2D eigenvalue weighted by Crippen LogP contribution is -2.39. The molecule has 1 N–H and O–H groups in total. The molecular weight excluding hydrogens is 212 g/mol. The summed E-state index contributed by atoms with van der Waals surface area (Å²) in [5, 5.41) is 20.9. The van der Waals surface area contributed by atoms with Gasteiger partial charge in [-0.15, -0.1) is 10.2 Å². The van der Waals surface area contributed by atoms with E-state index in [2.05, 4.69) is 15.4 Å². The van der Waals surface area contributed by atoms with Crippen molar-refractivity contribution >= 4 is 5.97 Å². The SMILES string of the molecule is Cn1nnc(CC2(C(=O)O)CCOCC2)n1. The van der Waals surface area contributed by atoms with Crippen LogP contribution in [0.25, 0.3) is 0 Å². The third kappa shape index (κ3) is 2.04. The first-order chi connectivity index (χ1) is 7.62. The highest BCUT2D eigenvalue weighted by Crippen LogP contribution is 2.33. The van der Waals surface area contributed by atoms with Gasteiger partial charge in [0.15, 0.2) is 5.82 Å². The lowest BCUT2D eigenvalue weighted by Gasteiger charge is -2.31. The van der Waals surface area contributed by atoms with Crippen LogP contribution < -0.4 is 0 Å². The first-order valence-corrected chi connectivity index (χ1v) is 5.16. The fourth-order valence-corrected chi connectivity index (χ4v) is 1.93. The molecule has 0 atom stereocenters. The van der Waals surface area contributed by atoms with E-state index in [4.69, 9.17) is 4.74 Å². The monoisotopic (exact) mass is 226 g/mol. The molecule has 2 heterocycles. The molecule has 0 radical (unpaired) electrons. The van der Waals surface area contributed by atoms with E-state index in [-0.39, 0.29) is 0 Å². The Morgan fingerprint density at radius 1 is 1.56 bits per heavy atom. The van der Waals surface area contributed by atoms with Crippen molar-refractivity contribution in [2.45, 2.75) is 19.3 Å². The van der Waals surface area contributed by atoms with Gasteiger partial charge in [-0.1, -0.05) is 0 Å². The molecule has 88 valence electrons. The Balaban J connectivity index is 2.16. The lowest BCUT2D eigenvalue weighted by atomic mass is 9.77. The van der Waals surface area contributed by atoms with Gasteiger partial charge in [0.25, 0.3) is 0 Å². The summed E-state index contributed by atoms with van der Waals surface area (Å²) in [5.74, 6) is -0.324. The van der Waals surface area contributed by atoms with Gasteiger partial charge in [0.05, 0.1) is 12.5 Å². The molecule has 0 unspecified atom stereocenters. The van der Waals surface area contributed by atoms with E-state index in [0.29, 0.717) is 38.3 Å². The number of aliphatic carboxylic acids is 1. The van der Waals surface area contributed by atoms with Gasteiger partial charge in [-0.2, -0.15) is 4.80 Å². The number of aromatic nitrogens is 4. The summed E-state index contributed by atoms with van der Waals surface area (Å²) in [5.41, 5.74) is -0.790. The summed E-state index contributed by atoms with van der Waals surface area (Å²) in [7, 11) is 1.66. The van der Waals surface area contributed by atoms with Crippen LogP contribution in [0.5, 0.6) is 0 Å². The van der Waals surface area contributed by atoms with Crippen molar-refractivity contribution < 1.29 is 14.6 Å². The number of carbonyl (C=O) groups is 1. The smallest absolute Gasteiger partial charge is 0.310 e. The molecule has 0 saturated carbocycles. The van der Waals surface area contributed by atoms with Gasteiger partial charge in [0, 0.05) is 19.6 Å². The minimum absolute atomic E-state index is 0.319. The van der Waals surface area contributed by atoms with E-state index >= 15 is 0 Å². The van der Waals surface area contributed by atoms with Crippen molar-refractivity contribution in [2.75, 3.05) is 13.2 Å². The van der Waals surface area contributed by atoms with Crippen molar-refractivity contribution in [2.24, 2.45) is 12.5 Å². The fourth-order valence-electron chi connectivity index (χ4n) is 1.93. The van der Waals surface area contributed by atoms with Crippen LogP contribution in [-0.4, -0.2) is 44.5 Å². The number of hydrogen-bond donors (Lipinski definition) is 1. The topological polar surface area (TPSA) is 90.1 Å². The van der Waals surface area contributed by atoms with E-state index < -0.39 is 11.4 Å². The second-order valence-electron chi connectivity index (χ2n) is 4.07. The average Bonchev–Trinajstić information content (AvgIpc) is 2.65. The Morgan fingerprint density at radius 2 is 2.25 bits per heavy atom. The number of tetrazole rings is 1. The van der Waals surface area contributed by atoms with Gasteiger partial charge in [0.1, 0.15) is 0 Å². The van der Waals surface area contributed by atoms with Crippen LogP contribution in [0.15, 0.2) is 0 Å². The van der Waals surface area contributed by atoms with Crippen molar-refractivity contribution in [3.63, 3.8) is 0 Å². The van der Waals surface area contributed by atoms with Gasteiger partial charge >= 0.3 is 5.97 Å². The van der Waals surface area contributed by atoms with Crippen molar-refractivity contribution in [3.8, 4) is 0 Å². The molecule has 0 spiro atoms. The van der Waals surface area contributed by atoms with Crippen LogP contribution >= 0.6 is 0 Å². The summed E-state index contributed by atoms with van der Waals surface area (Å²) < 4.78 is 5.19. The first-order valence-electron chi connectivity index (χ1n) is 5.16. The number of carboxylic acids is 1. The molecule has 1 fully saturated rings. The minimum atomic E-state index is -0.803. The van der Waals surface area contributed by atoms with Crippen molar-refractivity contribution in [1.29, 1.82) is 0 Å². The number of hydrogen-bond acceptors (Lipinski definition) is 5. The fraction of sp³-hybridized carbons (Fsp3) is 0.778. The molecule has 7 heteroatoms. The standard InChI is InChI=1S/C9H14N4O3/c1-13-11-7(10-12-13)6-9(8(14)15)2-4-16-5-3-9/h2-6H2,1H3,(H,14,15). The maximum absolute atomic E-state index is 11.3. The Bertz CT molecular complexity index is 384. The average molecular weight is 226 g/mol. The second kappa shape index (κ2) is 4.17. The Kier molecular flexibility index (Phi) is 2.86. The van der Waals surface area contributed by atoms with Crippen LogP contribution in [0.4, 0.5) is 0 Å². The van der Waals surface area contributed by atoms with E-state index in [1.807, 2.05) is 0 Å². The maximum atomic E-state index is 11.3. The normalized spacial score (nSPS) is 19.6. The number of carboxylic acid groups (broad SMARTS) is 1. The summed E-state index contributed by atoms with van der Waals surface area (Å²) in [6.07, 6.45) is 1.32. The van der Waals surface area contributed by atoms with Crippen LogP contribution in [-0.2, 0) is 23.0 Å². The van der Waals surface area contributed by atoms with E-state index in [1.165, 1.54) is 4.80 Å². The lowest BCUT2D eigenvalue weighted by molar-refractivity contribution is -0.155. The molecule has 0 amide bonds. The van der Waals surface area contributed by atoms with Gasteiger partial charge < -0.3 is 9.84 Å². The zero-order valence-electron chi connectivity index (χ0n) is 9.09. The summed E-state index contributed by atoms with van der Waals surface area (Å²) in [4.78, 5) is 12.7. The van der Waals surface area contributed by atoms with E-state index in [9.17, 15) is 9.90 Å². The minimum Gasteiger partial charge on any atom is -0.481 e. The first kappa shape index (κ1) is 11.0. The van der Waals surface area contributed by atoms with Gasteiger partial charge in [-0.3, -0.25) is 4.79 Å². The zero-order valence-corrected chi connectivity index (χ0v) is 9.09. The predicted octanol–water partition coefficient (Wildman–Crippen LogP) is -0.366. The Hall–Kier alpha value is -1.50. The van der Waals surface area contributed by atoms with E-state index in [0.717, 1.165) is 0 Å². The molecule has 7 nitrogen and oxygen atoms in total. The zero-order chi connectivity index (χ0) is 11.6. The molecule has 0 bridgehead atoms. The van der Waals surface area contributed by atoms with Crippen LogP contribution in [0.2, 0.25) is 0 Å². The molecule has 16 heavy (non-hydrogen) atoms. The summed E-state index contributed by atoms with van der Waals surface area (Å²) in [6, 6.07) is 0. The Morgan fingerprint density at radius 3 is 2.75 bits per heavy atom. The molecule has 0 aliphatic carbocycles. The van der Waals surface area contributed by atoms with Crippen molar-refractivity contribution in [1.82, 2.24) is 20.2 Å². The molecule has 1 aliphatic rings. The number of aryl methyl sites for hydroxylation is 1. The third-order valence-corrected chi connectivity index (χ3v) is 2.95. The third-order valence-electron chi connectivity index (χ3n) is 2.95. The van der Waals surface area contributed by atoms with E-state index in [1.54, 1.807) is 7.05 Å². The van der Waals surface area contributed by atoms with Gasteiger partial charge in [-0.25, -0.2) is 0 Å². The predicted molar refractivity (Wildman–Crippen MR) is 52.6 cm³/mol. The highest BCUT2D eigenvalue weighted by molar-refractivity contribution is 5.75. The quantitative estimate of drug-likeness (QED) is 0.756. The van der Waals surface area contributed by atoms with Crippen LogP contribution in [0, 0.1) is 5.41 Å². The molecule has 0 aromatic carbocycles. The molecule has 1 saturated heterocycles. The molecule has 1 aromatic heterocycles. The highest BCUT2D eigenvalue weighted by atomic mass is 16.5. The number of rotatable bonds is 3. The maximum Gasteiger partial charge on any atom is 0.310 e. The highest BCUT2D eigenvalue weighted by Gasteiger charge is 2.41. The molecular formula is C9H14N4O3. The number of nitrogens with zero attached hydrogens (tertiary/aromatic N) is 4. The van der Waals surface area contributed by atoms with Crippen molar-refractivity contribution in [3.05, 3.63) is 5.82 Å². The van der Waals surface area contributed by atoms with Crippen LogP contribution in [0.1, 0.15) is 18.7 Å². The summed E-state index contributed by atoms with van der Waals surface area (Å²) in [6.45, 7) is 0.957. The molecule has 1 aliphatic heterocycles. The second-order valence-corrected chi connectivity index (χ2v) is 4.07. The summed E-state index contributed by atoms with van der Waals surface area (Å²) >= 11 is 0. The number of ether oxygens (including phenoxy) is 1. The largest absolute Gasteiger partial charge is 0.481 e. The molecule has 1 aromatic rings. The van der Waals surface area contributed by atoms with Gasteiger partial charge in [0.2, 0.25) is 0 Å². The Labute approximate surface area is 92.4 Å².